The normalized spacial score (nSPS) is 12.1. The second kappa shape index (κ2) is 9.19. The van der Waals surface area contributed by atoms with Crippen LogP contribution in [0.1, 0.15) is 52.4 Å². The van der Waals surface area contributed by atoms with Crippen LogP contribution in [0, 0.1) is 5.92 Å². The lowest BCUT2D eigenvalue weighted by Gasteiger charge is -2.07. The molecule has 4 nitrogen and oxygen atoms in total. The van der Waals surface area contributed by atoms with Gasteiger partial charge in [-0.2, -0.15) is 0 Å². The summed E-state index contributed by atoms with van der Waals surface area (Å²) in [5.41, 5.74) is 5.11. The van der Waals surface area contributed by atoms with Crippen molar-refractivity contribution in [3.63, 3.8) is 0 Å². The van der Waals surface area contributed by atoms with Gasteiger partial charge in [-0.3, -0.25) is 9.59 Å². The number of unbranched alkanes of at least 4 members (excludes halogenated alkanes) is 3. The molecule has 0 aromatic carbocycles. The van der Waals surface area contributed by atoms with Crippen LogP contribution in [-0.2, 0) is 9.59 Å². The summed E-state index contributed by atoms with van der Waals surface area (Å²) in [7, 11) is 0. The number of primary amides is 1. The van der Waals surface area contributed by atoms with E-state index in [0.29, 0.717) is 12.8 Å². The number of hydrogen-bond donors (Lipinski definition) is 2. The molecule has 0 aliphatic rings. The number of nitrogens with two attached hydrogens (primary N) is 1. The lowest BCUT2D eigenvalue weighted by molar-refractivity contribution is -0.123. The van der Waals surface area contributed by atoms with Gasteiger partial charge in [0.1, 0.15) is 0 Å². The van der Waals surface area contributed by atoms with Crippen LogP contribution in [0.4, 0.5) is 0 Å². The quantitative estimate of drug-likeness (QED) is 0.588. The topological polar surface area (TPSA) is 72.2 Å². The molecule has 1 unspecified atom stereocenters. The van der Waals surface area contributed by atoms with Crippen molar-refractivity contribution in [3.05, 3.63) is 0 Å². The summed E-state index contributed by atoms with van der Waals surface area (Å²) in [6.07, 6.45) is 5.53. The summed E-state index contributed by atoms with van der Waals surface area (Å²) in [4.78, 5) is 22.1. The Morgan fingerprint density at radius 1 is 1.25 bits per heavy atom. The molecular formula is C12H24N2O2. The number of nitrogens with one attached hydrogen (secondary N) is 1. The van der Waals surface area contributed by atoms with Crippen molar-refractivity contribution in [2.24, 2.45) is 11.7 Å². The molecule has 94 valence electrons. The highest BCUT2D eigenvalue weighted by Gasteiger charge is 2.10. The second-order valence-electron chi connectivity index (χ2n) is 4.25. The first-order valence-corrected chi connectivity index (χ1v) is 6.14. The van der Waals surface area contributed by atoms with Crippen LogP contribution < -0.4 is 11.1 Å². The predicted molar refractivity (Wildman–Crippen MR) is 64.7 cm³/mol. The maximum absolute atomic E-state index is 11.3. The Kier molecular flexibility index (Phi) is 8.58. The average molecular weight is 228 g/mol. The smallest absolute Gasteiger partial charge is 0.220 e. The zero-order chi connectivity index (χ0) is 12.4. The largest absolute Gasteiger partial charge is 0.369 e. The molecule has 0 aliphatic carbocycles. The molecule has 0 spiro atoms. The van der Waals surface area contributed by atoms with E-state index in [1.807, 2.05) is 0 Å². The molecule has 0 bridgehead atoms. The van der Waals surface area contributed by atoms with Gasteiger partial charge < -0.3 is 11.1 Å². The third-order valence-corrected chi connectivity index (χ3v) is 2.64. The number of rotatable bonds is 9. The molecule has 0 saturated heterocycles. The third-order valence-electron chi connectivity index (χ3n) is 2.64. The van der Waals surface area contributed by atoms with Gasteiger partial charge in [0.25, 0.3) is 0 Å². The van der Waals surface area contributed by atoms with E-state index in [1.54, 1.807) is 6.92 Å². The summed E-state index contributed by atoms with van der Waals surface area (Å²) >= 11 is 0. The van der Waals surface area contributed by atoms with E-state index in [2.05, 4.69) is 12.2 Å². The highest BCUT2D eigenvalue weighted by molar-refractivity contribution is 5.79. The minimum Gasteiger partial charge on any atom is -0.369 e. The van der Waals surface area contributed by atoms with Crippen LogP contribution in [0.15, 0.2) is 0 Å². The fraction of sp³-hybridized carbons (Fsp3) is 0.833. The first-order chi connectivity index (χ1) is 7.57. The molecule has 4 heteroatoms. The predicted octanol–water partition coefficient (Wildman–Crippen LogP) is 1.58. The monoisotopic (exact) mass is 228 g/mol. The summed E-state index contributed by atoms with van der Waals surface area (Å²) in [5.74, 6) is -0.536. The van der Waals surface area contributed by atoms with Gasteiger partial charge in [0.15, 0.2) is 0 Å². The van der Waals surface area contributed by atoms with Crippen LogP contribution in [0.25, 0.3) is 0 Å². The maximum Gasteiger partial charge on any atom is 0.220 e. The third kappa shape index (κ3) is 8.26. The zero-order valence-corrected chi connectivity index (χ0v) is 10.4. The van der Waals surface area contributed by atoms with Crippen molar-refractivity contribution in [1.29, 1.82) is 0 Å². The SMILES string of the molecule is CCCCCCNC(=O)CCC(C)C(N)=O. The summed E-state index contributed by atoms with van der Waals surface area (Å²) in [6.45, 7) is 4.64. The molecular weight excluding hydrogens is 204 g/mol. The second-order valence-corrected chi connectivity index (χ2v) is 4.25. The van der Waals surface area contributed by atoms with Gasteiger partial charge in [-0.1, -0.05) is 33.1 Å². The molecule has 0 heterocycles. The van der Waals surface area contributed by atoms with Crippen molar-refractivity contribution >= 4 is 11.8 Å². The molecule has 16 heavy (non-hydrogen) atoms. The number of carbonyl (C=O) groups is 2. The molecule has 0 rings (SSSR count). The Labute approximate surface area is 98.0 Å². The van der Waals surface area contributed by atoms with Gasteiger partial charge in [-0.15, -0.1) is 0 Å². The van der Waals surface area contributed by atoms with E-state index in [9.17, 15) is 9.59 Å². The molecule has 0 aromatic heterocycles. The molecule has 0 fully saturated rings. The van der Waals surface area contributed by atoms with Crippen molar-refractivity contribution < 1.29 is 9.59 Å². The van der Waals surface area contributed by atoms with Crippen molar-refractivity contribution in [2.75, 3.05) is 6.54 Å². The average Bonchev–Trinajstić information content (AvgIpc) is 2.25. The van der Waals surface area contributed by atoms with Crippen molar-refractivity contribution in [1.82, 2.24) is 5.32 Å². The zero-order valence-electron chi connectivity index (χ0n) is 10.4. The molecule has 3 N–H and O–H groups in total. The summed E-state index contributed by atoms with van der Waals surface area (Å²) in [5, 5.41) is 2.84. The van der Waals surface area contributed by atoms with E-state index in [1.165, 1.54) is 12.8 Å². The van der Waals surface area contributed by atoms with Crippen molar-refractivity contribution in [2.45, 2.75) is 52.4 Å². The molecule has 1 atom stereocenters. The first-order valence-electron chi connectivity index (χ1n) is 6.14. The number of hydrogen-bond acceptors (Lipinski definition) is 2. The van der Waals surface area contributed by atoms with Gasteiger partial charge >= 0.3 is 0 Å². The molecule has 0 radical (unpaired) electrons. The fourth-order valence-electron chi connectivity index (χ4n) is 1.36. The minimum absolute atomic E-state index is 0.0181. The lowest BCUT2D eigenvalue weighted by atomic mass is 10.1. The fourth-order valence-corrected chi connectivity index (χ4v) is 1.36. The van der Waals surface area contributed by atoms with Gasteiger partial charge in [0, 0.05) is 18.9 Å². The van der Waals surface area contributed by atoms with Crippen LogP contribution in [0.5, 0.6) is 0 Å². The van der Waals surface area contributed by atoms with Crippen LogP contribution in [0.3, 0.4) is 0 Å². The summed E-state index contributed by atoms with van der Waals surface area (Å²) < 4.78 is 0. The Hall–Kier alpha value is -1.06. The van der Waals surface area contributed by atoms with Crippen LogP contribution in [0.2, 0.25) is 0 Å². The van der Waals surface area contributed by atoms with E-state index in [4.69, 9.17) is 5.73 Å². The Balaban J connectivity index is 3.41. The van der Waals surface area contributed by atoms with E-state index in [0.717, 1.165) is 19.4 Å². The Morgan fingerprint density at radius 3 is 2.50 bits per heavy atom. The first kappa shape index (κ1) is 14.9. The van der Waals surface area contributed by atoms with E-state index < -0.39 is 0 Å². The Bertz CT molecular complexity index is 217. The highest BCUT2D eigenvalue weighted by Crippen LogP contribution is 2.04. The summed E-state index contributed by atoms with van der Waals surface area (Å²) in [6, 6.07) is 0. The maximum atomic E-state index is 11.3. The van der Waals surface area contributed by atoms with Gasteiger partial charge in [-0.05, 0) is 12.8 Å². The minimum atomic E-state index is -0.337. The standard InChI is InChI=1S/C12H24N2O2/c1-3-4-5-6-9-14-11(15)8-7-10(2)12(13)16/h10H,3-9H2,1-2H3,(H2,13,16)(H,14,15). The molecule has 2 amide bonds. The lowest BCUT2D eigenvalue weighted by Crippen LogP contribution is -2.27. The highest BCUT2D eigenvalue weighted by atomic mass is 16.2. The molecule has 0 aromatic rings. The van der Waals surface area contributed by atoms with Gasteiger partial charge in [0.05, 0.1) is 0 Å². The van der Waals surface area contributed by atoms with Gasteiger partial charge in [-0.25, -0.2) is 0 Å². The van der Waals surface area contributed by atoms with Crippen LogP contribution in [-0.4, -0.2) is 18.4 Å². The van der Waals surface area contributed by atoms with Crippen molar-refractivity contribution in [3.8, 4) is 0 Å². The molecule has 0 saturated carbocycles. The van der Waals surface area contributed by atoms with E-state index in [-0.39, 0.29) is 17.7 Å². The Morgan fingerprint density at radius 2 is 1.94 bits per heavy atom. The van der Waals surface area contributed by atoms with Gasteiger partial charge in [0.2, 0.25) is 11.8 Å². The number of carbonyl (C=O) groups excluding carboxylic acids is 2. The van der Waals surface area contributed by atoms with Crippen LogP contribution >= 0.6 is 0 Å². The molecule has 0 aliphatic heterocycles. The number of amides is 2. The van der Waals surface area contributed by atoms with E-state index >= 15 is 0 Å².